The summed E-state index contributed by atoms with van der Waals surface area (Å²) in [6.07, 6.45) is 5.17. The Kier molecular flexibility index (Phi) is 11.1. The SMILES string of the molecule is [C-]#[N+]c1ccc(OC2C(C)(C)C(NC(=O)c3cnc(N4[C@H](C)CC(CN5CCN(c6ccc7c(c6)C(=O)N(C6CCC(=O)NC6=O)C7=O)CC5)C[C@@H]4C)nc3)C2(C)C)cc1Cl. The summed E-state index contributed by atoms with van der Waals surface area (Å²) in [7, 11) is 0. The molecule has 5 heterocycles. The second-order valence-corrected chi connectivity index (χ2v) is 18.9. The number of nitrogens with zero attached hydrogens (tertiary/aromatic N) is 7. The Morgan fingerprint density at radius 2 is 1.59 bits per heavy atom. The van der Waals surface area contributed by atoms with Gasteiger partial charge in [0.15, 0.2) is 0 Å². The van der Waals surface area contributed by atoms with Crippen LogP contribution in [0.25, 0.3) is 4.85 Å². The third-order valence-corrected chi connectivity index (χ3v) is 13.8. The standard InChI is InChI=1S/C45H52ClN9O6/c1-25-18-27(24-52-14-16-53(17-15-52)29-8-10-31-32(20-29)40(60)55(39(31)59)35-12-13-36(56)50-38(35)58)19-26(2)54(25)43-48-22-28(23-49-43)37(57)51-41-44(3,4)42(45(41,5)6)61-30-9-11-34(47-7)33(46)21-30/h8-11,20-23,25-27,35,41-42H,12-19,24H2,1-6H3,(H,51,57)(H,50,56,58)/t25-,26+,27?,35?,41?,42?. The molecule has 320 valence electrons. The first-order valence-corrected chi connectivity index (χ1v) is 21.4. The van der Waals surface area contributed by atoms with Crippen LogP contribution >= 0.6 is 11.6 Å². The van der Waals surface area contributed by atoms with Gasteiger partial charge in [0.1, 0.15) is 17.9 Å². The Balaban J connectivity index is 0.822. The molecule has 1 aromatic heterocycles. The van der Waals surface area contributed by atoms with E-state index in [-0.39, 0.29) is 48.5 Å². The molecule has 8 rings (SSSR count). The Morgan fingerprint density at radius 1 is 0.934 bits per heavy atom. The molecule has 61 heavy (non-hydrogen) atoms. The van der Waals surface area contributed by atoms with Crippen LogP contribution in [0.5, 0.6) is 5.75 Å². The van der Waals surface area contributed by atoms with Crippen molar-refractivity contribution in [1.82, 2.24) is 30.4 Å². The molecule has 15 nitrogen and oxygen atoms in total. The molecule has 0 radical (unpaired) electrons. The van der Waals surface area contributed by atoms with Crippen LogP contribution < -0.4 is 25.2 Å². The molecule has 4 fully saturated rings. The monoisotopic (exact) mass is 849 g/mol. The minimum absolute atomic E-state index is 0.0829. The summed E-state index contributed by atoms with van der Waals surface area (Å²) in [5, 5.41) is 5.81. The van der Waals surface area contributed by atoms with E-state index < -0.39 is 40.5 Å². The number of rotatable bonds is 9. The van der Waals surface area contributed by atoms with E-state index in [1.165, 1.54) is 0 Å². The van der Waals surface area contributed by atoms with Crippen LogP contribution in [0.15, 0.2) is 48.8 Å². The number of halogens is 1. The molecule has 16 heteroatoms. The summed E-state index contributed by atoms with van der Waals surface area (Å²) in [6, 6.07) is 9.59. The molecule has 1 saturated carbocycles. The van der Waals surface area contributed by atoms with Crippen molar-refractivity contribution in [2.45, 2.75) is 97.5 Å². The van der Waals surface area contributed by atoms with E-state index in [1.807, 2.05) is 6.07 Å². The van der Waals surface area contributed by atoms with Crippen molar-refractivity contribution in [2.24, 2.45) is 16.7 Å². The fraction of sp³-hybridized carbons (Fsp3) is 0.511. The number of benzene rings is 2. The van der Waals surface area contributed by atoms with Crippen molar-refractivity contribution in [3.8, 4) is 5.75 Å². The van der Waals surface area contributed by atoms with Crippen LogP contribution in [0.3, 0.4) is 0 Å². The third-order valence-electron chi connectivity index (χ3n) is 13.5. The molecule has 5 amide bonds. The van der Waals surface area contributed by atoms with Crippen molar-refractivity contribution in [3.63, 3.8) is 0 Å². The minimum atomic E-state index is -0.986. The van der Waals surface area contributed by atoms with Gasteiger partial charge in [0.05, 0.1) is 28.3 Å². The number of anilines is 2. The van der Waals surface area contributed by atoms with Crippen molar-refractivity contribution in [2.75, 3.05) is 42.5 Å². The van der Waals surface area contributed by atoms with Crippen LogP contribution in [0.4, 0.5) is 17.3 Å². The second-order valence-electron chi connectivity index (χ2n) is 18.5. The summed E-state index contributed by atoms with van der Waals surface area (Å²) in [4.78, 5) is 85.0. The highest BCUT2D eigenvalue weighted by molar-refractivity contribution is 6.33. The number of piperazine rings is 1. The number of hydrogen-bond donors (Lipinski definition) is 2. The van der Waals surface area contributed by atoms with Gasteiger partial charge in [-0.1, -0.05) is 45.4 Å². The zero-order valence-electron chi connectivity index (χ0n) is 35.4. The normalized spacial score (nSPS) is 27.2. The van der Waals surface area contributed by atoms with Crippen molar-refractivity contribution < 1.29 is 28.7 Å². The number of carbonyl (C=O) groups excluding carboxylic acids is 5. The van der Waals surface area contributed by atoms with E-state index in [2.05, 4.69) is 71.7 Å². The number of nitrogens with one attached hydrogen (secondary N) is 2. The van der Waals surface area contributed by atoms with Gasteiger partial charge in [-0.05, 0) is 69.4 Å². The van der Waals surface area contributed by atoms with Gasteiger partial charge in [0, 0.05) is 86.2 Å². The molecule has 2 unspecified atom stereocenters. The lowest BCUT2D eigenvalue weighted by Gasteiger charge is -2.63. The fourth-order valence-electron chi connectivity index (χ4n) is 10.8. The zero-order valence-corrected chi connectivity index (χ0v) is 36.2. The van der Waals surface area contributed by atoms with Gasteiger partial charge in [0.25, 0.3) is 17.7 Å². The Labute approximate surface area is 361 Å². The summed E-state index contributed by atoms with van der Waals surface area (Å²) >= 11 is 6.27. The van der Waals surface area contributed by atoms with Gasteiger partial charge in [-0.3, -0.25) is 39.1 Å². The van der Waals surface area contributed by atoms with E-state index >= 15 is 0 Å². The van der Waals surface area contributed by atoms with Gasteiger partial charge in [-0.25, -0.2) is 14.8 Å². The molecule has 0 spiro atoms. The van der Waals surface area contributed by atoms with E-state index in [4.69, 9.17) is 32.9 Å². The van der Waals surface area contributed by atoms with Crippen molar-refractivity contribution in [3.05, 3.63) is 81.9 Å². The predicted molar refractivity (Wildman–Crippen MR) is 229 cm³/mol. The maximum Gasteiger partial charge on any atom is 0.262 e. The molecule has 3 aromatic rings. The molecule has 1 aliphatic carbocycles. The average molecular weight is 850 g/mol. The Hall–Kier alpha value is -5.59. The number of imide groups is 2. The van der Waals surface area contributed by atoms with Gasteiger partial charge in [-0.15, -0.1) is 0 Å². The van der Waals surface area contributed by atoms with Crippen molar-refractivity contribution in [1.29, 1.82) is 0 Å². The fourth-order valence-corrected chi connectivity index (χ4v) is 11.1. The first-order chi connectivity index (χ1) is 29.0. The third kappa shape index (κ3) is 7.69. The topological polar surface area (TPSA) is 162 Å². The number of hydrogen-bond acceptors (Lipinski definition) is 11. The molecule has 4 atom stereocenters. The lowest BCUT2D eigenvalue weighted by molar-refractivity contribution is -0.164. The minimum Gasteiger partial charge on any atom is -0.489 e. The number of aromatic nitrogens is 2. The Bertz CT molecular complexity index is 2290. The maximum atomic E-state index is 13.6. The molecule has 3 saturated heterocycles. The summed E-state index contributed by atoms with van der Waals surface area (Å²) in [6.45, 7) is 24.2. The van der Waals surface area contributed by atoms with E-state index in [0.717, 1.165) is 56.2 Å². The lowest BCUT2D eigenvalue weighted by atomic mass is 9.49. The van der Waals surface area contributed by atoms with Gasteiger partial charge >= 0.3 is 0 Å². The smallest absolute Gasteiger partial charge is 0.262 e. The van der Waals surface area contributed by atoms with Crippen LogP contribution in [0.2, 0.25) is 5.02 Å². The first-order valence-electron chi connectivity index (χ1n) is 21.1. The molecule has 0 bridgehead atoms. The molecular formula is C45H52ClN9O6. The molecule has 2 aromatic carbocycles. The number of amides is 5. The Morgan fingerprint density at radius 3 is 2.21 bits per heavy atom. The number of ether oxygens (including phenoxy) is 1. The summed E-state index contributed by atoms with van der Waals surface area (Å²) < 4.78 is 6.38. The van der Waals surface area contributed by atoms with Crippen LogP contribution in [0, 0.1) is 23.3 Å². The number of carbonyl (C=O) groups is 5. The highest BCUT2D eigenvalue weighted by atomic mass is 35.5. The molecule has 2 N–H and O–H groups in total. The largest absolute Gasteiger partial charge is 0.489 e. The van der Waals surface area contributed by atoms with E-state index in [0.29, 0.717) is 39.5 Å². The van der Waals surface area contributed by atoms with Crippen molar-refractivity contribution >= 4 is 58.5 Å². The molecular weight excluding hydrogens is 798 g/mol. The summed E-state index contributed by atoms with van der Waals surface area (Å²) in [5.74, 6) is -0.572. The van der Waals surface area contributed by atoms with Crippen LogP contribution in [0.1, 0.15) is 98.3 Å². The van der Waals surface area contributed by atoms with Gasteiger partial charge in [-0.2, -0.15) is 0 Å². The average Bonchev–Trinajstić information content (AvgIpc) is 3.46. The van der Waals surface area contributed by atoms with Crippen LogP contribution in [-0.2, 0) is 9.59 Å². The highest BCUT2D eigenvalue weighted by Crippen LogP contribution is 2.55. The number of piperidine rings is 2. The highest BCUT2D eigenvalue weighted by Gasteiger charge is 2.64. The second kappa shape index (κ2) is 16.0. The molecule has 5 aliphatic rings. The van der Waals surface area contributed by atoms with E-state index in [1.54, 1.807) is 42.7 Å². The molecule has 4 aliphatic heterocycles. The predicted octanol–water partition coefficient (Wildman–Crippen LogP) is 5.51. The zero-order chi connectivity index (χ0) is 43.5. The van der Waals surface area contributed by atoms with Crippen LogP contribution in [-0.4, -0.2) is 112 Å². The lowest BCUT2D eigenvalue weighted by Crippen LogP contribution is -2.74. The quantitative estimate of drug-likeness (QED) is 0.207. The first kappa shape index (κ1) is 42.1. The summed E-state index contributed by atoms with van der Waals surface area (Å²) in [5.41, 5.74) is 1.41. The number of fused-ring (bicyclic) bond motifs is 1. The van der Waals surface area contributed by atoms with Gasteiger partial charge < -0.3 is 19.9 Å². The maximum absolute atomic E-state index is 13.6. The van der Waals surface area contributed by atoms with E-state index in [9.17, 15) is 24.0 Å². The van der Waals surface area contributed by atoms with Gasteiger partial charge in [0.2, 0.25) is 23.5 Å².